The van der Waals surface area contributed by atoms with Gasteiger partial charge in [0.2, 0.25) is 0 Å². The molecule has 232 valence electrons. The molecule has 3 aromatic carbocycles. The van der Waals surface area contributed by atoms with Gasteiger partial charge >= 0.3 is 11.9 Å². The summed E-state index contributed by atoms with van der Waals surface area (Å²) in [7, 11) is 0. The average Bonchev–Trinajstić information content (AvgIpc) is 3.04. The van der Waals surface area contributed by atoms with Crippen molar-refractivity contribution in [2.24, 2.45) is 0 Å². The minimum atomic E-state index is -1.28. The van der Waals surface area contributed by atoms with E-state index in [2.05, 4.69) is 63.3 Å². The smallest absolute Gasteiger partial charge is 0.340 e. The van der Waals surface area contributed by atoms with Crippen molar-refractivity contribution in [3.63, 3.8) is 0 Å². The molecule has 5 rings (SSSR count). The van der Waals surface area contributed by atoms with Gasteiger partial charge in [0.1, 0.15) is 0 Å². The third kappa shape index (κ3) is 7.25. The second-order valence-electron chi connectivity index (χ2n) is 11.1. The predicted molar refractivity (Wildman–Crippen MR) is 170 cm³/mol. The standard InChI is InChI=1S/C35H36N4O6/c1-24-30(34(40)41)32(28-15-9-16-29(23-28)39(43)44)31(25(2)36-24)35(42)45-22-10-17-37-18-20-38(21-19-37)33(26-11-5-3-6-12-26)27-13-7-4-8-14-27/h3-9,11-16,23,33H,10,17-22H2,1-2H3,(H,40,41). The van der Waals surface area contributed by atoms with Gasteiger partial charge in [0.25, 0.3) is 5.69 Å². The third-order valence-corrected chi connectivity index (χ3v) is 8.18. The molecule has 0 bridgehead atoms. The van der Waals surface area contributed by atoms with Crippen LogP contribution in [0.3, 0.4) is 0 Å². The predicted octanol–water partition coefficient (Wildman–Crippen LogP) is 5.93. The van der Waals surface area contributed by atoms with Gasteiger partial charge in [-0.3, -0.25) is 20.0 Å². The Balaban J connectivity index is 1.23. The van der Waals surface area contributed by atoms with Crippen LogP contribution in [-0.2, 0) is 4.74 Å². The van der Waals surface area contributed by atoms with Crippen LogP contribution in [0.5, 0.6) is 0 Å². The van der Waals surface area contributed by atoms with E-state index in [0.29, 0.717) is 12.1 Å². The molecule has 0 spiro atoms. The number of aromatic carboxylic acids is 1. The van der Waals surface area contributed by atoms with Crippen LogP contribution in [0.2, 0.25) is 0 Å². The van der Waals surface area contributed by atoms with Crippen LogP contribution >= 0.6 is 0 Å². The zero-order valence-corrected chi connectivity index (χ0v) is 25.4. The van der Waals surface area contributed by atoms with E-state index in [-0.39, 0.29) is 46.3 Å². The number of hydrogen-bond acceptors (Lipinski definition) is 8. The number of non-ortho nitro benzene ring substituents is 1. The monoisotopic (exact) mass is 608 g/mol. The van der Waals surface area contributed by atoms with E-state index in [1.807, 2.05) is 12.1 Å². The Bertz CT molecular complexity index is 1630. The number of aryl methyl sites for hydroxylation is 2. The highest BCUT2D eigenvalue weighted by Crippen LogP contribution is 2.34. The zero-order chi connectivity index (χ0) is 31.9. The number of nitrogens with zero attached hydrogens (tertiary/aromatic N) is 4. The molecular formula is C35H36N4O6. The Labute approximate surface area is 262 Å². The summed E-state index contributed by atoms with van der Waals surface area (Å²) >= 11 is 0. The van der Waals surface area contributed by atoms with Crippen molar-refractivity contribution in [3.05, 3.63) is 129 Å². The number of rotatable bonds is 11. The van der Waals surface area contributed by atoms with Gasteiger partial charge in [0.05, 0.1) is 40.1 Å². The second kappa shape index (κ2) is 14.2. The lowest BCUT2D eigenvalue weighted by Crippen LogP contribution is -2.48. The lowest BCUT2D eigenvalue weighted by molar-refractivity contribution is -0.384. The number of hydrogen-bond donors (Lipinski definition) is 1. The number of ether oxygens (including phenoxy) is 1. The normalized spacial score (nSPS) is 13.9. The largest absolute Gasteiger partial charge is 0.478 e. The maximum atomic E-state index is 13.4. The molecule has 45 heavy (non-hydrogen) atoms. The fourth-order valence-electron chi connectivity index (χ4n) is 6.08. The lowest BCUT2D eigenvalue weighted by atomic mass is 9.92. The zero-order valence-electron chi connectivity index (χ0n) is 25.4. The van der Waals surface area contributed by atoms with Gasteiger partial charge in [0.15, 0.2) is 0 Å². The van der Waals surface area contributed by atoms with E-state index < -0.39 is 16.9 Å². The van der Waals surface area contributed by atoms with Gasteiger partial charge < -0.3 is 14.7 Å². The van der Waals surface area contributed by atoms with Crippen LogP contribution in [0.25, 0.3) is 11.1 Å². The number of piperazine rings is 1. The first-order chi connectivity index (χ1) is 21.7. The summed E-state index contributed by atoms with van der Waals surface area (Å²) in [6.45, 7) is 7.57. The molecule has 10 heteroatoms. The van der Waals surface area contributed by atoms with Crippen molar-refractivity contribution in [1.82, 2.24) is 14.8 Å². The van der Waals surface area contributed by atoms with E-state index in [4.69, 9.17) is 4.74 Å². The molecule has 0 atom stereocenters. The van der Waals surface area contributed by atoms with E-state index >= 15 is 0 Å². The number of nitro groups is 1. The van der Waals surface area contributed by atoms with Crippen LogP contribution in [0.15, 0.2) is 84.9 Å². The van der Waals surface area contributed by atoms with Crippen LogP contribution in [0, 0.1) is 24.0 Å². The molecule has 1 N–H and O–H groups in total. The van der Waals surface area contributed by atoms with Crippen LogP contribution in [0.4, 0.5) is 5.69 Å². The molecule has 1 aliphatic heterocycles. The Morgan fingerprint density at radius 3 is 2.07 bits per heavy atom. The number of carboxylic acids is 1. The summed E-state index contributed by atoms with van der Waals surface area (Å²) in [6.07, 6.45) is 0.600. The number of nitro benzene ring substituents is 1. The van der Waals surface area contributed by atoms with Crippen molar-refractivity contribution in [2.45, 2.75) is 26.3 Å². The Hall–Kier alpha value is -4.93. The number of carbonyl (C=O) groups is 2. The van der Waals surface area contributed by atoms with Crippen LogP contribution in [0.1, 0.15) is 55.7 Å². The Morgan fingerprint density at radius 2 is 1.49 bits per heavy atom. The van der Waals surface area contributed by atoms with Crippen molar-refractivity contribution in [3.8, 4) is 11.1 Å². The van der Waals surface area contributed by atoms with Gasteiger partial charge in [-0.15, -0.1) is 0 Å². The van der Waals surface area contributed by atoms with Crippen molar-refractivity contribution in [1.29, 1.82) is 0 Å². The van der Waals surface area contributed by atoms with E-state index in [0.717, 1.165) is 32.7 Å². The molecule has 1 fully saturated rings. The molecule has 0 amide bonds. The molecule has 0 saturated carbocycles. The summed E-state index contributed by atoms with van der Waals surface area (Å²) in [5.74, 6) is -1.99. The Kier molecular flexibility index (Phi) is 9.96. The highest BCUT2D eigenvalue weighted by Gasteiger charge is 2.29. The Morgan fingerprint density at radius 1 is 0.889 bits per heavy atom. The second-order valence-corrected chi connectivity index (χ2v) is 11.1. The van der Waals surface area contributed by atoms with E-state index in [1.54, 1.807) is 13.0 Å². The summed E-state index contributed by atoms with van der Waals surface area (Å²) in [5, 5.41) is 21.4. The molecule has 1 aliphatic rings. The van der Waals surface area contributed by atoms with Gasteiger partial charge in [-0.2, -0.15) is 0 Å². The number of aromatic nitrogens is 1. The molecule has 1 saturated heterocycles. The van der Waals surface area contributed by atoms with E-state index in [9.17, 15) is 24.8 Å². The third-order valence-electron chi connectivity index (χ3n) is 8.18. The highest BCUT2D eigenvalue weighted by molar-refractivity contribution is 6.06. The number of benzene rings is 3. The molecule has 0 unspecified atom stereocenters. The fourth-order valence-corrected chi connectivity index (χ4v) is 6.08. The lowest BCUT2D eigenvalue weighted by Gasteiger charge is -2.39. The molecule has 4 aromatic rings. The minimum Gasteiger partial charge on any atom is -0.478 e. The highest BCUT2D eigenvalue weighted by atomic mass is 16.6. The maximum Gasteiger partial charge on any atom is 0.340 e. The summed E-state index contributed by atoms with van der Waals surface area (Å²) in [4.78, 5) is 45.7. The quantitative estimate of drug-likeness (QED) is 0.0955. The molecule has 0 radical (unpaired) electrons. The number of carboxylic acid groups (broad SMARTS) is 1. The van der Waals surface area contributed by atoms with Gasteiger partial charge in [-0.1, -0.05) is 72.8 Å². The van der Waals surface area contributed by atoms with Crippen molar-refractivity contribution in [2.75, 3.05) is 39.3 Å². The molecule has 2 heterocycles. The molecule has 0 aliphatic carbocycles. The molecule has 1 aromatic heterocycles. The first kappa shape index (κ1) is 31.5. The molecule has 10 nitrogen and oxygen atoms in total. The number of pyridine rings is 1. The van der Waals surface area contributed by atoms with Gasteiger partial charge in [-0.05, 0) is 37.0 Å². The maximum absolute atomic E-state index is 13.4. The summed E-state index contributed by atoms with van der Waals surface area (Å²) < 4.78 is 5.65. The molecular weight excluding hydrogens is 572 g/mol. The van der Waals surface area contributed by atoms with Crippen LogP contribution < -0.4 is 0 Å². The first-order valence-corrected chi connectivity index (χ1v) is 15.0. The SMILES string of the molecule is Cc1nc(C)c(C(=O)OCCCN2CCN(C(c3ccccc3)c3ccccc3)CC2)c(-c2cccc([N+](=O)[O-])c2)c1C(=O)O. The number of esters is 1. The fraction of sp³-hybridized carbons (Fsp3) is 0.286. The average molecular weight is 609 g/mol. The van der Waals surface area contributed by atoms with Gasteiger partial charge in [-0.25, -0.2) is 9.59 Å². The van der Waals surface area contributed by atoms with Gasteiger partial charge in [0, 0.05) is 50.4 Å². The summed E-state index contributed by atoms with van der Waals surface area (Å²) in [6, 6.07) is 26.8. The van der Waals surface area contributed by atoms with E-state index in [1.165, 1.54) is 36.2 Å². The topological polar surface area (TPSA) is 126 Å². The first-order valence-electron chi connectivity index (χ1n) is 15.0. The van der Waals surface area contributed by atoms with Crippen molar-refractivity contribution < 1.29 is 24.4 Å². The van der Waals surface area contributed by atoms with Crippen molar-refractivity contribution >= 4 is 17.6 Å². The van der Waals surface area contributed by atoms with Crippen LogP contribution in [-0.4, -0.2) is 76.1 Å². The minimum absolute atomic E-state index is 0.0000203. The summed E-state index contributed by atoms with van der Waals surface area (Å²) in [5.41, 5.74) is 2.95. The number of carbonyl (C=O) groups excluding carboxylic acids is 1.